The predicted molar refractivity (Wildman–Crippen MR) is 118 cm³/mol. The summed E-state index contributed by atoms with van der Waals surface area (Å²) in [7, 11) is 0. The first-order chi connectivity index (χ1) is 16.1. The van der Waals surface area contributed by atoms with Crippen LogP contribution in [0, 0.1) is 11.6 Å². The van der Waals surface area contributed by atoms with Gasteiger partial charge in [0.15, 0.2) is 5.82 Å². The fourth-order valence-electron chi connectivity index (χ4n) is 3.02. The Morgan fingerprint density at radius 2 is 1.76 bits per heavy atom. The molecule has 0 fully saturated rings. The third kappa shape index (κ3) is 6.13. The van der Waals surface area contributed by atoms with E-state index < -0.39 is 11.6 Å². The molecule has 0 aliphatic carbocycles. The third-order valence-electron chi connectivity index (χ3n) is 4.73. The van der Waals surface area contributed by atoms with E-state index in [1.165, 1.54) is 16.9 Å². The van der Waals surface area contributed by atoms with E-state index in [0.29, 0.717) is 24.5 Å². The molecule has 7 nitrogen and oxygen atoms in total. The van der Waals surface area contributed by atoms with Crippen molar-refractivity contribution in [3.05, 3.63) is 108 Å². The second-order valence-electron chi connectivity index (χ2n) is 7.18. The molecule has 0 atom stereocenters. The molecule has 33 heavy (non-hydrogen) atoms. The van der Waals surface area contributed by atoms with Gasteiger partial charge in [0, 0.05) is 37.1 Å². The summed E-state index contributed by atoms with van der Waals surface area (Å²) < 4.78 is 33.9. The SMILES string of the molecule is O=C(NCc1ccc(OCc2ccccn2)cc1)NCc1cnn(-c2ccc(F)cc2F)c1. The van der Waals surface area contributed by atoms with E-state index in [1.807, 2.05) is 42.5 Å². The van der Waals surface area contributed by atoms with Gasteiger partial charge in [0.1, 0.15) is 23.9 Å². The maximum absolute atomic E-state index is 13.9. The summed E-state index contributed by atoms with van der Waals surface area (Å²) in [6.07, 6.45) is 4.79. The first-order valence-electron chi connectivity index (χ1n) is 10.2. The Hall–Kier alpha value is -4.27. The number of urea groups is 1. The molecule has 0 aliphatic rings. The van der Waals surface area contributed by atoms with Gasteiger partial charge in [-0.05, 0) is 42.0 Å². The fraction of sp³-hybridized carbons (Fsp3) is 0.125. The molecular formula is C24H21F2N5O2. The maximum Gasteiger partial charge on any atom is 0.315 e. The highest BCUT2D eigenvalue weighted by atomic mass is 19.1. The van der Waals surface area contributed by atoms with Crippen molar-refractivity contribution in [3.63, 3.8) is 0 Å². The van der Waals surface area contributed by atoms with Gasteiger partial charge in [-0.2, -0.15) is 5.10 Å². The van der Waals surface area contributed by atoms with Crippen LogP contribution in [0.15, 0.2) is 79.3 Å². The minimum absolute atomic E-state index is 0.125. The summed E-state index contributed by atoms with van der Waals surface area (Å²) >= 11 is 0. The van der Waals surface area contributed by atoms with Gasteiger partial charge >= 0.3 is 6.03 Å². The Kier molecular flexibility index (Phi) is 6.89. The molecule has 0 aliphatic heterocycles. The Labute approximate surface area is 189 Å². The summed E-state index contributed by atoms with van der Waals surface area (Å²) in [5.74, 6) is -0.666. The van der Waals surface area contributed by atoms with Gasteiger partial charge in [-0.1, -0.05) is 18.2 Å². The predicted octanol–water partition coefficient (Wildman–Crippen LogP) is 4.12. The molecular weight excluding hydrogens is 428 g/mol. The monoisotopic (exact) mass is 449 g/mol. The van der Waals surface area contributed by atoms with Crippen LogP contribution in [0.3, 0.4) is 0 Å². The van der Waals surface area contributed by atoms with Gasteiger partial charge < -0.3 is 15.4 Å². The molecule has 2 amide bonds. The largest absolute Gasteiger partial charge is 0.487 e. The highest BCUT2D eigenvalue weighted by Gasteiger charge is 2.09. The van der Waals surface area contributed by atoms with E-state index >= 15 is 0 Å². The molecule has 9 heteroatoms. The van der Waals surface area contributed by atoms with Crippen molar-refractivity contribution < 1.29 is 18.3 Å². The van der Waals surface area contributed by atoms with Crippen LogP contribution in [0.4, 0.5) is 13.6 Å². The Balaban J connectivity index is 1.21. The first-order valence-corrected chi connectivity index (χ1v) is 10.2. The number of hydrogen-bond donors (Lipinski definition) is 2. The van der Waals surface area contributed by atoms with Crippen LogP contribution in [0.2, 0.25) is 0 Å². The number of hydrogen-bond acceptors (Lipinski definition) is 4. The smallest absolute Gasteiger partial charge is 0.315 e. The number of rotatable bonds is 8. The number of aromatic nitrogens is 3. The fourth-order valence-corrected chi connectivity index (χ4v) is 3.02. The van der Waals surface area contributed by atoms with E-state index in [1.54, 1.807) is 12.4 Å². The lowest BCUT2D eigenvalue weighted by molar-refractivity contribution is 0.240. The molecule has 168 valence electrons. The first kappa shape index (κ1) is 21.9. The number of amides is 2. The van der Waals surface area contributed by atoms with Crippen LogP contribution in [0.25, 0.3) is 5.69 Å². The average Bonchev–Trinajstić information content (AvgIpc) is 3.30. The van der Waals surface area contributed by atoms with E-state index in [9.17, 15) is 13.6 Å². The van der Waals surface area contributed by atoms with E-state index in [-0.39, 0.29) is 18.3 Å². The number of nitrogens with zero attached hydrogens (tertiary/aromatic N) is 3. The molecule has 2 aromatic carbocycles. The number of carbonyl (C=O) groups excluding carboxylic acids is 1. The van der Waals surface area contributed by atoms with Crippen LogP contribution < -0.4 is 15.4 Å². The maximum atomic E-state index is 13.9. The summed E-state index contributed by atoms with van der Waals surface area (Å²) in [5, 5.41) is 9.55. The number of nitrogens with one attached hydrogen (secondary N) is 2. The van der Waals surface area contributed by atoms with Crippen molar-refractivity contribution in [2.24, 2.45) is 0 Å². The zero-order valence-electron chi connectivity index (χ0n) is 17.5. The van der Waals surface area contributed by atoms with Gasteiger partial charge in [0.25, 0.3) is 0 Å². The molecule has 0 bridgehead atoms. The number of halogens is 2. The van der Waals surface area contributed by atoms with Crippen LogP contribution in [-0.2, 0) is 19.7 Å². The summed E-state index contributed by atoms with van der Waals surface area (Å²) in [5.41, 5.74) is 2.55. The molecule has 2 N–H and O–H groups in total. The van der Waals surface area contributed by atoms with E-state index in [2.05, 4.69) is 20.7 Å². The van der Waals surface area contributed by atoms with Crippen molar-refractivity contribution in [2.75, 3.05) is 0 Å². The topological polar surface area (TPSA) is 81.1 Å². The zero-order chi connectivity index (χ0) is 23.0. The van der Waals surface area contributed by atoms with Gasteiger partial charge in [-0.3, -0.25) is 4.98 Å². The van der Waals surface area contributed by atoms with Crippen molar-refractivity contribution in [3.8, 4) is 11.4 Å². The van der Waals surface area contributed by atoms with E-state index in [4.69, 9.17) is 4.74 Å². The molecule has 2 heterocycles. The summed E-state index contributed by atoms with van der Waals surface area (Å²) in [6.45, 7) is 0.923. The van der Waals surface area contributed by atoms with Crippen LogP contribution in [0.5, 0.6) is 5.75 Å². The van der Waals surface area contributed by atoms with Gasteiger partial charge in [0.2, 0.25) is 0 Å². The van der Waals surface area contributed by atoms with Crippen molar-refractivity contribution in [2.45, 2.75) is 19.7 Å². The van der Waals surface area contributed by atoms with E-state index in [0.717, 1.165) is 23.4 Å². The Bertz CT molecular complexity index is 1210. The molecule has 0 unspecified atom stereocenters. The lowest BCUT2D eigenvalue weighted by atomic mass is 10.2. The van der Waals surface area contributed by atoms with Crippen LogP contribution in [-0.4, -0.2) is 20.8 Å². The lowest BCUT2D eigenvalue weighted by Gasteiger charge is -2.09. The highest BCUT2D eigenvalue weighted by molar-refractivity contribution is 5.73. The Morgan fingerprint density at radius 3 is 2.48 bits per heavy atom. The second-order valence-corrected chi connectivity index (χ2v) is 7.18. The van der Waals surface area contributed by atoms with Gasteiger partial charge in [-0.15, -0.1) is 0 Å². The summed E-state index contributed by atoms with van der Waals surface area (Å²) in [6, 6.07) is 16.0. The summed E-state index contributed by atoms with van der Waals surface area (Å²) in [4.78, 5) is 16.3. The normalized spacial score (nSPS) is 10.6. The van der Waals surface area contributed by atoms with Crippen LogP contribution in [0.1, 0.15) is 16.8 Å². The lowest BCUT2D eigenvalue weighted by Crippen LogP contribution is -2.34. The molecule has 0 saturated heterocycles. The number of carbonyl (C=O) groups is 1. The minimum Gasteiger partial charge on any atom is -0.487 e. The van der Waals surface area contributed by atoms with Crippen molar-refractivity contribution >= 4 is 6.03 Å². The zero-order valence-corrected chi connectivity index (χ0v) is 17.5. The Morgan fingerprint density at radius 1 is 0.970 bits per heavy atom. The molecule has 4 aromatic rings. The molecule has 0 spiro atoms. The molecule has 0 radical (unpaired) electrons. The number of ether oxygens (including phenoxy) is 1. The highest BCUT2D eigenvalue weighted by Crippen LogP contribution is 2.15. The molecule has 4 rings (SSSR count). The third-order valence-corrected chi connectivity index (χ3v) is 4.73. The standard InChI is InChI=1S/C24H21F2N5O2/c25-19-6-9-23(22(26)11-19)31-15-18(14-30-31)13-29-24(32)28-12-17-4-7-21(8-5-17)33-16-20-3-1-2-10-27-20/h1-11,14-15H,12-13,16H2,(H2,28,29,32). The van der Waals surface area contributed by atoms with Crippen molar-refractivity contribution in [1.82, 2.24) is 25.4 Å². The second kappa shape index (κ2) is 10.4. The number of benzene rings is 2. The van der Waals surface area contributed by atoms with Gasteiger partial charge in [-0.25, -0.2) is 18.3 Å². The van der Waals surface area contributed by atoms with Crippen molar-refractivity contribution in [1.29, 1.82) is 0 Å². The average molecular weight is 449 g/mol. The molecule has 0 saturated carbocycles. The number of pyridine rings is 1. The molecule has 2 aromatic heterocycles. The van der Waals surface area contributed by atoms with Gasteiger partial charge in [0.05, 0.1) is 11.9 Å². The van der Waals surface area contributed by atoms with Crippen LogP contribution >= 0.6 is 0 Å². The minimum atomic E-state index is -0.719. The quantitative estimate of drug-likeness (QED) is 0.424.